The topological polar surface area (TPSA) is 55.1 Å². The molecule has 1 N–H and O–H groups in total. The van der Waals surface area contributed by atoms with Gasteiger partial charge in [0.1, 0.15) is 11.1 Å². The molecule has 0 unspecified atom stereocenters. The maximum absolute atomic E-state index is 10.2. The molecule has 0 saturated carbocycles. The minimum atomic E-state index is -0.910. The quantitative estimate of drug-likeness (QED) is 0.895. The number of halogens is 2. The maximum Gasteiger partial charge on any atom is 0.325 e. The lowest BCUT2D eigenvalue weighted by atomic mass is 10.6. The summed E-state index contributed by atoms with van der Waals surface area (Å²) in [5, 5.41) is 12.2. The number of carboxylic acid groups (broad SMARTS) is 1. The van der Waals surface area contributed by atoms with E-state index < -0.39 is 5.97 Å². The van der Waals surface area contributed by atoms with Crippen LogP contribution in [0.15, 0.2) is 15.3 Å². The molecule has 0 radical (unpaired) electrons. The summed E-state index contributed by atoms with van der Waals surface area (Å²) < 4.78 is 2.69. The number of carboxylic acids is 1. The summed E-state index contributed by atoms with van der Waals surface area (Å²) in [6, 6.07) is 0. The molecule has 0 aliphatic heterocycles. The third kappa shape index (κ3) is 2.30. The van der Waals surface area contributed by atoms with Crippen molar-refractivity contribution >= 4 is 37.8 Å². The van der Waals surface area contributed by atoms with Crippen LogP contribution < -0.4 is 0 Å². The Hall–Kier alpha value is -0.360. The molecule has 0 saturated heterocycles. The highest BCUT2D eigenvalue weighted by Gasteiger charge is 2.04. The van der Waals surface area contributed by atoms with Crippen molar-refractivity contribution in [2.75, 3.05) is 0 Å². The van der Waals surface area contributed by atoms with Crippen molar-refractivity contribution in [2.24, 2.45) is 0 Å². The van der Waals surface area contributed by atoms with Crippen LogP contribution in [-0.2, 0) is 11.3 Å². The third-order valence-corrected chi connectivity index (χ3v) is 2.67. The van der Waals surface area contributed by atoms with E-state index in [1.807, 2.05) is 0 Å². The zero-order valence-corrected chi connectivity index (χ0v) is 8.46. The number of hydrogen-bond acceptors (Lipinski definition) is 2. The molecule has 0 amide bonds. The Balaban J connectivity index is 2.81. The van der Waals surface area contributed by atoms with Crippen LogP contribution in [0.3, 0.4) is 0 Å². The van der Waals surface area contributed by atoms with Gasteiger partial charge in [-0.3, -0.25) is 9.48 Å². The molecule has 0 bridgehead atoms. The zero-order valence-electron chi connectivity index (χ0n) is 5.29. The van der Waals surface area contributed by atoms with Gasteiger partial charge >= 0.3 is 5.97 Å². The van der Waals surface area contributed by atoms with Gasteiger partial charge in [0.05, 0.1) is 4.47 Å². The van der Waals surface area contributed by atoms with Gasteiger partial charge in [-0.1, -0.05) is 0 Å². The molecule has 6 heteroatoms. The second-order valence-electron chi connectivity index (χ2n) is 1.86. The molecule has 1 rings (SSSR count). The summed E-state index contributed by atoms with van der Waals surface area (Å²) in [6.45, 7) is -0.121. The third-order valence-electron chi connectivity index (χ3n) is 0.973. The molecule has 0 aliphatic carbocycles. The van der Waals surface area contributed by atoms with Crippen LogP contribution in [0, 0.1) is 0 Å². The van der Waals surface area contributed by atoms with E-state index in [0.717, 1.165) is 4.47 Å². The number of hydrogen-bond donors (Lipinski definition) is 1. The minimum absolute atomic E-state index is 0.121. The summed E-state index contributed by atoms with van der Waals surface area (Å²) >= 11 is 6.32. The maximum atomic E-state index is 10.2. The van der Waals surface area contributed by atoms with E-state index in [1.165, 1.54) is 4.68 Å². The number of carbonyl (C=O) groups is 1. The van der Waals surface area contributed by atoms with Gasteiger partial charge in [-0.15, -0.1) is 0 Å². The smallest absolute Gasteiger partial charge is 0.325 e. The van der Waals surface area contributed by atoms with Gasteiger partial charge in [0.2, 0.25) is 0 Å². The van der Waals surface area contributed by atoms with Crippen molar-refractivity contribution < 1.29 is 9.90 Å². The monoisotopic (exact) mass is 282 g/mol. The van der Waals surface area contributed by atoms with Gasteiger partial charge < -0.3 is 5.11 Å². The lowest BCUT2D eigenvalue weighted by Crippen LogP contribution is -2.08. The zero-order chi connectivity index (χ0) is 8.43. The van der Waals surface area contributed by atoms with Gasteiger partial charge in [0, 0.05) is 6.20 Å². The van der Waals surface area contributed by atoms with Gasteiger partial charge in [-0.2, -0.15) is 5.10 Å². The summed E-state index contributed by atoms with van der Waals surface area (Å²) in [5.41, 5.74) is 0. The van der Waals surface area contributed by atoms with E-state index in [2.05, 4.69) is 37.0 Å². The normalized spacial score (nSPS) is 10.0. The Kier molecular flexibility index (Phi) is 2.67. The van der Waals surface area contributed by atoms with Crippen LogP contribution in [0.1, 0.15) is 0 Å². The highest BCUT2D eigenvalue weighted by molar-refractivity contribution is 9.13. The van der Waals surface area contributed by atoms with Crippen molar-refractivity contribution in [2.45, 2.75) is 6.54 Å². The molecule has 1 aromatic heterocycles. The molecule has 0 aromatic carbocycles. The largest absolute Gasteiger partial charge is 0.480 e. The lowest BCUT2D eigenvalue weighted by Gasteiger charge is -1.91. The van der Waals surface area contributed by atoms with Gasteiger partial charge in [0.15, 0.2) is 0 Å². The molecule has 1 heterocycles. The number of aliphatic carboxylic acids is 1. The average Bonchev–Trinajstić information content (AvgIpc) is 2.10. The predicted molar refractivity (Wildman–Crippen MR) is 45.3 cm³/mol. The Morgan fingerprint density at radius 3 is 2.73 bits per heavy atom. The standard InChI is InChI=1S/C5H4Br2N2O2/c6-3-1-9(2-4(10)11)8-5(3)7/h1H,2H2,(H,10,11). The molecular weight excluding hydrogens is 280 g/mol. The molecule has 4 nitrogen and oxygen atoms in total. The van der Waals surface area contributed by atoms with Crippen molar-refractivity contribution in [3.8, 4) is 0 Å². The Bertz CT molecular complexity index is 265. The Labute approximate surface area is 79.5 Å². The van der Waals surface area contributed by atoms with Crippen LogP contribution in [0.5, 0.6) is 0 Å². The molecule has 60 valence electrons. The fourth-order valence-electron chi connectivity index (χ4n) is 0.593. The Morgan fingerprint density at radius 1 is 1.73 bits per heavy atom. The van der Waals surface area contributed by atoms with Crippen LogP contribution >= 0.6 is 31.9 Å². The predicted octanol–water partition coefficient (Wildman–Crippen LogP) is 1.49. The van der Waals surface area contributed by atoms with E-state index in [0.29, 0.717) is 4.60 Å². The van der Waals surface area contributed by atoms with Crippen LogP contribution in [0.25, 0.3) is 0 Å². The second kappa shape index (κ2) is 3.36. The molecule has 0 spiro atoms. The summed E-state index contributed by atoms with van der Waals surface area (Å²) in [7, 11) is 0. The first-order valence-corrected chi connectivity index (χ1v) is 4.28. The lowest BCUT2D eigenvalue weighted by molar-refractivity contribution is -0.137. The van der Waals surface area contributed by atoms with E-state index in [1.54, 1.807) is 6.20 Å². The van der Waals surface area contributed by atoms with Gasteiger partial charge in [-0.25, -0.2) is 0 Å². The fourth-order valence-corrected chi connectivity index (χ4v) is 1.21. The minimum Gasteiger partial charge on any atom is -0.480 e. The van der Waals surface area contributed by atoms with Crippen molar-refractivity contribution in [3.63, 3.8) is 0 Å². The second-order valence-corrected chi connectivity index (χ2v) is 3.46. The summed E-state index contributed by atoms with van der Waals surface area (Å²) in [6.07, 6.45) is 1.60. The van der Waals surface area contributed by atoms with Crippen LogP contribution in [0.4, 0.5) is 0 Å². The summed E-state index contributed by atoms with van der Waals surface area (Å²) in [5.74, 6) is -0.910. The summed E-state index contributed by atoms with van der Waals surface area (Å²) in [4.78, 5) is 10.2. The number of nitrogens with zero attached hydrogens (tertiary/aromatic N) is 2. The average molecular weight is 284 g/mol. The molecule has 11 heavy (non-hydrogen) atoms. The van der Waals surface area contributed by atoms with Gasteiger partial charge in [-0.05, 0) is 31.9 Å². The molecule has 0 atom stereocenters. The molecule has 0 fully saturated rings. The molecule has 0 aliphatic rings. The first-order chi connectivity index (χ1) is 5.09. The van der Waals surface area contributed by atoms with E-state index >= 15 is 0 Å². The van der Waals surface area contributed by atoms with Crippen molar-refractivity contribution in [1.29, 1.82) is 0 Å². The van der Waals surface area contributed by atoms with E-state index in [9.17, 15) is 4.79 Å². The highest BCUT2D eigenvalue weighted by Crippen LogP contribution is 2.19. The molecular formula is C5H4Br2N2O2. The fraction of sp³-hybridized carbons (Fsp3) is 0.200. The van der Waals surface area contributed by atoms with Crippen molar-refractivity contribution in [3.05, 3.63) is 15.3 Å². The van der Waals surface area contributed by atoms with E-state index in [4.69, 9.17) is 5.11 Å². The van der Waals surface area contributed by atoms with Gasteiger partial charge in [0.25, 0.3) is 0 Å². The number of rotatable bonds is 2. The highest BCUT2D eigenvalue weighted by atomic mass is 79.9. The van der Waals surface area contributed by atoms with Crippen LogP contribution in [0.2, 0.25) is 0 Å². The van der Waals surface area contributed by atoms with Crippen LogP contribution in [-0.4, -0.2) is 20.9 Å². The SMILES string of the molecule is O=C(O)Cn1cc(Br)c(Br)n1. The first-order valence-electron chi connectivity index (χ1n) is 2.70. The Morgan fingerprint density at radius 2 is 2.36 bits per heavy atom. The molecule has 1 aromatic rings. The number of aromatic nitrogens is 2. The van der Waals surface area contributed by atoms with Crippen molar-refractivity contribution in [1.82, 2.24) is 9.78 Å². The first kappa shape index (κ1) is 8.73. The van der Waals surface area contributed by atoms with E-state index in [-0.39, 0.29) is 6.54 Å².